The van der Waals surface area contributed by atoms with Gasteiger partial charge in [-0.05, 0) is 173 Å². The van der Waals surface area contributed by atoms with Crippen molar-refractivity contribution in [2.45, 2.75) is 369 Å². The Balaban J connectivity index is 0.000000227. The van der Waals surface area contributed by atoms with Crippen LogP contribution in [-0.4, -0.2) is 417 Å². The molecule has 8 aliphatic carbocycles. The minimum Gasteiger partial charge on any atom is -0.870 e. The monoisotopic (exact) mass is 1830 g/mol. The quantitative estimate of drug-likeness (QED) is 0.0207. The van der Waals surface area contributed by atoms with E-state index < -0.39 is 306 Å². The van der Waals surface area contributed by atoms with Crippen molar-refractivity contribution in [3.63, 3.8) is 0 Å². The van der Waals surface area contributed by atoms with Gasteiger partial charge in [-0.15, -0.1) is 0 Å². The van der Waals surface area contributed by atoms with Gasteiger partial charge >= 0.3 is 63.3 Å². The smallest absolute Gasteiger partial charge is 0.870 e. The van der Waals surface area contributed by atoms with Gasteiger partial charge in [-0.3, -0.25) is 9.59 Å². The van der Waals surface area contributed by atoms with E-state index in [9.17, 15) is 137 Å². The molecule has 15 fully saturated rings. The van der Waals surface area contributed by atoms with Gasteiger partial charge < -0.3 is 199 Å². The summed E-state index contributed by atoms with van der Waals surface area (Å²) in [6.07, 6.45) is -48.4. The number of carboxylic acids is 1. The predicted octanol–water partition coefficient (Wildman–Crippen LogP) is -10.7. The van der Waals surface area contributed by atoms with Gasteiger partial charge in [0.25, 0.3) is 0 Å². The third kappa shape index (κ3) is 17.8. The second-order valence-corrected chi connectivity index (χ2v) is 38.8. The maximum atomic E-state index is 14.3. The number of hydrogen-bond donors (Lipinski definition) is 25. The number of aliphatic carboxylic acids is 1. The number of carbonyl (C=O) groups is 2. The molecular formula is C82H131KO42. The van der Waals surface area contributed by atoms with Gasteiger partial charge in [0, 0.05) is 0 Å². The number of esters is 1. The summed E-state index contributed by atoms with van der Waals surface area (Å²) >= 11 is 0. The van der Waals surface area contributed by atoms with Gasteiger partial charge in [0.15, 0.2) is 37.7 Å². The molecule has 15 rings (SSSR count). The molecule has 43 heteroatoms. The molecule has 712 valence electrons. The summed E-state index contributed by atoms with van der Waals surface area (Å²) in [7, 11) is 0. The minimum absolute atomic E-state index is 0. The number of fused-ring (bicyclic) bond motifs is 6. The Kier molecular flexibility index (Phi) is 32.2. The standard InChI is InChI=1S/C44H70O23.C38H60O18.K.H2O/c1-17-11-43-9-5-22-41(2,7-4-8-42(22,3)40(59)66-38-33(58)30(55)26(51)20(14-47)62-38)23(43)6-10-44(17,16-43)67-39-35(65-37-32(57)29(54)25(50)19(13-46)61-37)34(27(52)21(15-48)63-39)64-36-31(56)28(53)24(49)18(12-45)60-36;1-16-11-37-9-5-20-35(2,7-4-8-36(20,3)34(49)50)21(37)6-10-38(16,15-37)56-33-30(55-32-28(48)26(46)23(43)18(13-40)52-32)29(24(44)19(14-41)53-33)54-31-27(47)25(45)22(42)17(12-39)51-31;;/h18-39,45-58H,1,4-16H2,2-3H3;17-33,39-48H,1,4-15H2,2-3H3,(H,49,50);;1H2/q;;+1;/p-1/t18-,19-,20-,21-,22+,23+,24-,25-,26-,27-,28+,29+,30+,31-,32-,33-,34+,35-,36+,37+,38+,39+,41-,42-,43-,44+;17-,18-,19-,20+,21+,22-,23-,24-,25+,26+,27-,28-,29+,30-,31+,32+,33+,35-,36-,37-,38+;;/m11../s1. The molecule has 42 nitrogen and oxygen atoms in total. The molecule has 7 saturated heterocycles. The van der Waals surface area contributed by atoms with Gasteiger partial charge in [-0.25, -0.2) is 0 Å². The fraction of sp³-hybridized carbons (Fsp3) is 0.927. The van der Waals surface area contributed by atoms with Crippen molar-refractivity contribution in [1.82, 2.24) is 0 Å². The summed E-state index contributed by atoms with van der Waals surface area (Å²) in [5.41, 5.74) is -3.95. The first-order chi connectivity index (χ1) is 58.0. The van der Waals surface area contributed by atoms with E-state index in [2.05, 4.69) is 27.0 Å². The van der Waals surface area contributed by atoms with E-state index >= 15 is 0 Å². The van der Waals surface area contributed by atoms with Crippen LogP contribution < -0.4 is 51.4 Å². The summed E-state index contributed by atoms with van der Waals surface area (Å²) < 4.78 is 84.9. The SMILES string of the molecule is C=C1C[C@@]23CC[C@H]4[C@@](C)(CCC[C@@]4(C)C(=O)O)[C@@H]2CC[C@]1(O[C@@H]1O[C@H](CO)[C@@H](O)[C@H](O[C@@H]2O[C@H](CO)[C@@H](O)[C@H](O)[C@H]2O)[C@H]1O[C@@H]1O[C@H](CO)[C@@H](O)[C@H](O)[C@H]1O)C3.C=C1C[C@@]23CC[C@H]4[C@@](C)(CCC[C@@]4(C)C(=O)O[C@@H]4O[C@H](CO)[C@@H](O)[C@H](O)[C@H]4O)[C@@H]2CC[C@]1(O[C@@H]1O[C@H](CO)[C@@H](O)[C@H](O[C@@H]2O[C@H](CO)[C@@H](O)[C@H](O)[C@H]2O)[C@H]1O[C@@H]1O[C@H](CO)[C@@H](O)[C@H](O)[C@H]1O)C3.[K+].[OH-]. The van der Waals surface area contributed by atoms with Crippen LogP contribution in [0.5, 0.6) is 0 Å². The molecule has 8 saturated carbocycles. The van der Waals surface area contributed by atoms with Gasteiger partial charge in [0.1, 0.15) is 171 Å². The normalized spacial score (nSPS) is 53.7. The van der Waals surface area contributed by atoms with Crippen LogP contribution in [0.1, 0.15) is 143 Å². The Hall–Kier alpha value is -1.46. The number of carboxylic acid groups (broad SMARTS) is 1. The van der Waals surface area contributed by atoms with Crippen LogP contribution in [0.15, 0.2) is 24.3 Å². The fourth-order valence-electron chi connectivity index (χ4n) is 25.6. The minimum atomic E-state index is -1.95. The van der Waals surface area contributed by atoms with E-state index in [0.29, 0.717) is 89.0 Å². The third-order valence-electron chi connectivity index (χ3n) is 32.1. The number of rotatable bonds is 22. The predicted molar refractivity (Wildman–Crippen MR) is 408 cm³/mol. The molecule has 7 aliphatic heterocycles. The van der Waals surface area contributed by atoms with Crippen LogP contribution in [0.25, 0.3) is 0 Å². The second-order valence-electron chi connectivity index (χ2n) is 38.8. The topological polar surface area (TPSA) is 699 Å². The Labute approximate surface area is 763 Å². The molecule has 7 heterocycles. The zero-order valence-corrected chi connectivity index (χ0v) is 73.9. The molecular weight excluding hydrogens is 1700 g/mol. The van der Waals surface area contributed by atoms with Crippen LogP contribution in [-0.2, 0) is 75.9 Å². The molecule has 4 bridgehead atoms. The summed E-state index contributed by atoms with van der Waals surface area (Å²) in [4.78, 5) is 26.9. The number of aliphatic hydroxyl groups is 24. The van der Waals surface area contributed by atoms with Crippen molar-refractivity contribution in [3.05, 3.63) is 24.3 Å². The third-order valence-corrected chi connectivity index (χ3v) is 32.1. The maximum absolute atomic E-state index is 14.3. The van der Waals surface area contributed by atoms with Crippen molar-refractivity contribution in [1.29, 1.82) is 0 Å². The molecule has 15 aliphatic rings. The second kappa shape index (κ2) is 39.3. The van der Waals surface area contributed by atoms with Gasteiger partial charge in [-0.1, -0.05) is 39.8 Å². The zero-order chi connectivity index (χ0) is 89.4. The van der Waals surface area contributed by atoms with E-state index in [4.69, 9.17) is 66.3 Å². The van der Waals surface area contributed by atoms with Crippen LogP contribution >= 0.6 is 0 Å². The summed E-state index contributed by atoms with van der Waals surface area (Å²) in [6.45, 7) is 11.7. The zero-order valence-electron chi connectivity index (χ0n) is 70.8. The summed E-state index contributed by atoms with van der Waals surface area (Å²) in [6, 6.07) is 0. The molecule has 26 N–H and O–H groups in total. The van der Waals surface area contributed by atoms with Crippen LogP contribution in [0.2, 0.25) is 0 Å². The average Bonchev–Trinajstić information content (AvgIpc) is 1.57. The molecule has 0 aromatic heterocycles. The van der Waals surface area contributed by atoms with Crippen LogP contribution in [0, 0.1) is 56.2 Å². The van der Waals surface area contributed by atoms with Crippen molar-refractivity contribution < 1.29 is 260 Å². The Morgan fingerprint density at radius 1 is 0.336 bits per heavy atom. The first-order valence-corrected chi connectivity index (χ1v) is 43.2. The summed E-state index contributed by atoms with van der Waals surface area (Å²) in [5.74, 6) is -1.41. The Morgan fingerprint density at radius 2 is 0.600 bits per heavy atom. The first-order valence-electron chi connectivity index (χ1n) is 43.2. The first kappa shape index (κ1) is 102. The summed E-state index contributed by atoms with van der Waals surface area (Å²) in [5, 5.41) is 263. The molecule has 0 unspecified atom stereocenters. The van der Waals surface area contributed by atoms with Crippen molar-refractivity contribution in [2.75, 3.05) is 46.2 Å². The maximum Gasteiger partial charge on any atom is 1.00 e. The molecule has 0 amide bonds. The number of ether oxygens (including phenoxy) is 14. The van der Waals surface area contributed by atoms with Gasteiger partial charge in [0.05, 0.1) is 68.3 Å². The fourth-order valence-corrected chi connectivity index (χ4v) is 25.6. The van der Waals surface area contributed by atoms with Crippen molar-refractivity contribution in [2.24, 2.45) is 56.2 Å². The number of hydrogen-bond acceptors (Lipinski definition) is 41. The number of aliphatic hydroxyl groups excluding tert-OH is 24. The van der Waals surface area contributed by atoms with Crippen LogP contribution in [0.4, 0.5) is 0 Å². The Morgan fingerprint density at radius 3 is 0.912 bits per heavy atom. The Bertz CT molecular complexity index is 3670. The van der Waals surface area contributed by atoms with E-state index in [0.717, 1.165) is 37.7 Å². The van der Waals surface area contributed by atoms with E-state index in [-0.39, 0.29) is 91.4 Å². The molecule has 0 aromatic rings. The van der Waals surface area contributed by atoms with E-state index in [1.54, 1.807) is 0 Å². The largest absolute Gasteiger partial charge is 1.00 e. The van der Waals surface area contributed by atoms with Gasteiger partial charge in [-0.2, -0.15) is 0 Å². The molecule has 0 radical (unpaired) electrons. The molecule has 2 spiro atoms. The van der Waals surface area contributed by atoms with E-state index in [1.807, 2.05) is 13.8 Å². The van der Waals surface area contributed by atoms with Gasteiger partial charge in [0.2, 0.25) is 6.29 Å². The number of carbonyl (C=O) groups excluding carboxylic acids is 1. The average molecular weight is 1830 g/mol. The molecule has 125 heavy (non-hydrogen) atoms. The van der Waals surface area contributed by atoms with Crippen LogP contribution in [0.3, 0.4) is 0 Å². The molecule has 0 aromatic carbocycles. The van der Waals surface area contributed by atoms with E-state index in [1.165, 1.54) is 0 Å². The van der Waals surface area contributed by atoms with Crippen molar-refractivity contribution in [3.8, 4) is 0 Å². The van der Waals surface area contributed by atoms with Crippen molar-refractivity contribution >= 4 is 11.9 Å². The molecule has 47 atom stereocenters.